The summed E-state index contributed by atoms with van der Waals surface area (Å²) in [6.07, 6.45) is 3.95. The van der Waals surface area contributed by atoms with Crippen molar-refractivity contribution in [3.05, 3.63) is 0 Å². The fraction of sp³-hybridized carbons (Fsp3) is 0.889. The maximum atomic E-state index is 11.1. The summed E-state index contributed by atoms with van der Waals surface area (Å²) in [5, 5.41) is 9.11. The Morgan fingerprint density at radius 2 is 1.93 bits per heavy atom. The van der Waals surface area contributed by atoms with Crippen LogP contribution >= 0.6 is 0 Å². The highest BCUT2D eigenvalue weighted by molar-refractivity contribution is 8.00. The molecule has 0 aromatic heterocycles. The maximum absolute atomic E-state index is 11.1. The van der Waals surface area contributed by atoms with Crippen LogP contribution in [0.25, 0.3) is 0 Å². The molecule has 5 heteroatoms. The fourth-order valence-electron chi connectivity index (χ4n) is 1.02. The number of nitrogens with zero attached hydrogens (tertiary/aromatic N) is 1. The minimum Gasteiger partial charge on any atom is -0.285 e. The van der Waals surface area contributed by atoms with Crippen molar-refractivity contribution < 1.29 is 14.2 Å². The van der Waals surface area contributed by atoms with Gasteiger partial charge in [0.25, 0.3) is 0 Å². The molecule has 0 saturated heterocycles. The van der Waals surface area contributed by atoms with Gasteiger partial charge in [0.2, 0.25) is 0 Å². The van der Waals surface area contributed by atoms with Gasteiger partial charge in [0.1, 0.15) is 10.8 Å². The van der Waals surface area contributed by atoms with E-state index in [1.165, 1.54) is 0 Å². The van der Waals surface area contributed by atoms with Crippen LogP contribution in [-0.2, 0) is 10.8 Å². The third-order valence-corrected chi connectivity index (χ3v) is 3.02. The molecule has 1 atom stereocenters. The lowest BCUT2D eigenvalue weighted by Crippen LogP contribution is -2.30. The number of carbonyl (C=O) groups is 1. The molecule has 0 spiro atoms. The molecular formula is C9H19NO3S. The molecule has 0 bridgehead atoms. The van der Waals surface area contributed by atoms with Crippen molar-refractivity contribution in [1.82, 2.24) is 5.06 Å². The van der Waals surface area contributed by atoms with E-state index in [0.29, 0.717) is 5.06 Å². The number of unbranched alkanes of at least 4 members (excludes halogenated alkanes) is 3. The Bertz CT molecular complexity index is 196. The molecule has 4 nitrogen and oxygen atoms in total. The van der Waals surface area contributed by atoms with Gasteiger partial charge in [-0.25, -0.2) is 9.27 Å². The molecule has 0 radical (unpaired) electrons. The highest BCUT2D eigenvalue weighted by atomic mass is 32.2. The summed E-state index contributed by atoms with van der Waals surface area (Å²) in [5.41, 5.74) is 0. The van der Waals surface area contributed by atoms with Gasteiger partial charge < -0.3 is 0 Å². The van der Waals surface area contributed by atoms with Gasteiger partial charge >= 0.3 is 5.24 Å². The molecule has 0 aliphatic heterocycles. The predicted octanol–water partition coefficient (Wildman–Crippen LogP) is 2.15. The van der Waals surface area contributed by atoms with E-state index in [2.05, 4.69) is 6.92 Å². The topological polar surface area (TPSA) is 57.6 Å². The van der Waals surface area contributed by atoms with E-state index in [1.54, 1.807) is 6.92 Å². The van der Waals surface area contributed by atoms with Gasteiger partial charge in [-0.1, -0.05) is 33.1 Å². The van der Waals surface area contributed by atoms with E-state index in [4.69, 9.17) is 0 Å². The Kier molecular flexibility index (Phi) is 7.70. The van der Waals surface area contributed by atoms with Gasteiger partial charge in [0, 0.05) is 12.3 Å². The summed E-state index contributed by atoms with van der Waals surface area (Å²) in [6.45, 7) is 4.03. The van der Waals surface area contributed by atoms with Gasteiger partial charge in [-0.2, -0.15) is 0 Å². The molecule has 0 aliphatic rings. The minimum atomic E-state index is -1.57. The Hall–Kier alpha value is -0.420. The molecule has 1 amide bonds. The first-order valence-electron chi connectivity index (χ1n) is 5.02. The summed E-state index contributed by atoms with van der Waals surface area (Å²) < 4.78 is 11.0. The fourth-order valence-corrected chi connectivity index (χ4v) is 1.59. The summed E-state index contributed by atoms with van der Waals surface area (Å²) in [6, 6.07) is 0. The number of amides is 1. The van der Waals surface area contributed by atoms with Crippen LogP contribution in [0.4, 0.5) is 4.79 Å². The molecule has 0 saturated carbocycles. The van der Waals surface area contributed by atoms with Crippen LogP contribution in [0.5, 0.6) is 0 Å². The number of hydrogen-bond acceptors (Lipinski definition) is 3. The third kappa shape index (κ3) is 5.34. The van der Waals surface area contributed by atoms with Gasteiger partial charge in [0.05, 0.1) is 0 Å². The minimum absolute atomic E-state index is 0.255. The zero-order valence-corrected chi connectivity index (χ0v) is 9.68. The van der Waals surface area contributed by atoms with Crippen molar-refractivity contribution in [2.24, 2.45) is 0 Å². The van der Waals surface area contributed by atoms with Gasteiger partial charge in [0.15, 0.2) is 0 Å². The molecule has 0 rings (SSSR count). The SMILES string of the molecule is CCCCCCN(O)C(=O)S(=O)CC. The molecule has 0 heterocycles. The smallest absolute Gasteiger partial charge is 0.285 e. The Morgan fingerprint density at radius 1 is 1.29 bits per heavy atom. The second-order valence-electron chi connectivity index (χ2n) is 3.08. The van der Waals surface area contributed by atoms with Crippen LogP contribution in [0.2, 0.25) is 0 Å². The average Bonchev–Trinajstić information content (AvgIpc) is 2.21. The number of carbonyl (C=O) groups excluding carboxylic acids is 1. The molecule has 0 fully saturated rings. The van der Waals surface area contributed by atoms with Crippen LogP contribution in [0, 0.1) is 0 Å². The molecule has 1 unspecified atom stereocenters. The lowest BCUT2D eigenvalue weighted by atomic mass is 10.2. The van der Waals surface area contributed by atoms with Crippen molar-refractivity contribution in [1.29, 1.82) is 0 Å². The predicted molar refractivity (Wildman–Crippen MR) is 56.7 cm³/mol. The maximum Gasteiger partial charge on any atom is 0.335 e. The third-order valence-electron chi connectivity index (χ3n) is 1.89. The molecule has 0 aromatic rings. The van der Waals surface area contributed by atoms with Crippen molar-refractivity contribution >= 4 is 16.0 Å². The molecular weight excluding hydrogens is 202 g/mol. The molecule has 1 N–H and O–H groups in total. The molecule has 0 aliphatic carbocycles. The first-order valence-corrected chi connectivity index (χ1v) is 6.34. The number of hydroxylamine groups is 2. The first-order chi connectivity index (χ1) is 6.63. The van der Waals surface area contributed by atoms with Crippen LogP contribution in [-0.4, -0.2) is 32.0 Å². The Labute approximate surface area is 87.7 Å². The van der Waals surface area contributed by atoms with Crippen LogP contribution in [0.15, 0.2) is 0 Å². The van der Waals surface area contributed by atoms with E-state index in [1.807, 2.05) is 0 Å². The van der Waals surface area contributed by atoms with Gasteiger partial charge in [-0.15, -0.1) is 0 Å². The van der Waals surface area contributed by atoms with E-state index in [0.717, 1.165) is 25.7 Å². The lowest BCUT2D eigenvalue weighted by Gasteiger charge is -2.13. The lowest BCUT2D eigenvalue weighted by molar-refractivity contribution is -0.0328. The molecule has 84 valence electrons. The molecule has 0 aromatic carbocycles. The van der Waals surface area contributed by atoms with Gasteiger partial charge in [-0.3, -0.25) is 10.0 Å². The number of rotatable bonds is 6. The highest BCUT2D eigenvalue weighted by Gasteiger charge is 2.15. The van der Waals surface area contributed by atoms with Crippen LogP contribution < -0.4 is 0 Å². The monoisotopic (exact) mass is 221 g/mol. The van der Waals surface area contributed by atoms with Crippen molar-refractivity contribution in [2.75, 3.05) is 12.3 Å². The van der Waals surface area contributed by atoms with E-state index < -0.39 is 16.0 Å². The van der Waals surface area contributed by atoms with Crippen molar-refractivity contribution in [3.8, 4) is 0 Å². The van der Waals surface area contributed by atoms with E-state index >= 15 is 0 Å². The summed E-state index contributed by atoms with van der Waals surface area (Å²) in [4.78, 5) is 11.1. The summed E-state index contributed by atoms with van der Waals surface area (Å²) in [7, 11) is -1.57. The number of hydrogen-bond donors (Lipinski definition) is 1. The molecule has 14 heavy (non-hydrogen) atoms. The van der Waals surface area contributed by atoms with Crippen molar-refractivity contribution in [2.45, 2.75) is 39.5 Å². The highest BCUT2D eigenvalue weighted by Crippen LogP contribution is 2.02. The van der Waals surface area contributed by atoms with Crippen molar-refractivity contribution in [3.63, 3.8) is 0 Å². The van der Waals surface area contributed by atoms with E-state index in [-0.39, 0.29) is 12.3 Å². The zero-order chi connectivity index (χ0) is 11.0. The average molecular weight is 221 g/mol. The zero-order valence-electron chi connectivity index (χ0n) is 8.86. The standard InChI is InChI=1S/C9H19NO3S/c1-3-5-6-7-8-10(12)9(11)14(13)4-2/h12H,3-8H2,1-2H3. The van der Waals surface area contributed by atoms with Crippen LogP contribution in [0.3, 0.4) is 0 Å². The largest absolute Gasteiger partial charge is 0.335 e. The van der Waals surface area contributed by atoms with Gasteiger partial charge in [-0.05, 0) is 6.42 Å². The van der Waals surface area contributed by atoms with Crippen LogP contribution in [0.1, 0.15) is 39.5 Å². The first kappa shape index (κ1) is 13.6. The Balaban J connectivity index is 3.67. The Morgan fingerprint density at radius 3 is 2.43 bits per heavy atom. The normalized spacial score (nSPS) is 12.5. The summed E-state index contributed by atoms with van der Waals surface area (Å²) >= 11 is 0. The quantitative estimate of drug-likeness (QED) is 0.425. The summed E-state index contributed by atoms with van der Waals surface area (Å²) in [5.74, 6) is 0.255. The second kappa shape index (κ2) is 7.94. The van der Waals surface area contributed by atoms with E-state index in [9.17, 15) is 14.2 Å². The second-order valence-corrected chi connectivity index (χ2v) is 4.70.